The molecule has 1 amide bonds. The lowest BCUT2D eigenvalue weighted by Gasteiger charge is -2.31. The summed E-state index contributed by atoms with van der Waals surface area (Å²) in [5, 5.41) is 2.83. The van der Waals surface area contributed by atoms with E-state index in [4.69, 9.17) is 4.74 Å². The Balaban J connectivity index is 1.68. The summed E-state index contributed by atoms with van der Waals surface area (Å²) in [6.45, 7) is 6.13. The van der Waals surface area contributed by atoms with Crippen LogP contribution in [-0.4, -0.2) is 46.6 Å². The number of carbonyl (C=O) groups excluding carboxylic acids is 1. The summed E-state index contributed by atoms with van der Waals surface area (Å²) in [5.74, 6) is -0.926. The van der Waals surface area contributed by atoms with Gasteiger partial charge in [0.05, 0.1) is 40.9 Å². The van der Waals surface area contributed by atoms with E-state index in [0.717, 1.165) is 18.2 Å². The van der Waals surface area contributed by atoms with E-state index >= 15 is 4.39 Å². The third kappa shape index (κ3) is 5.20. The Morgan fingerprint density at radius 1 is 1.31 bits per heavy atom. The molecule has 0 aliphatic carbocycles. The molecule has 0 unspecified atom stereocenters. The first kappa shape index (κ1) is 25.6. The average Bonchev–Trinajstić information content (AvgIpc) is 2.81. The van der Waals surface area contributed by atoms with Crippen LogP contribution in [0.1, 0.15) is 53.6 Å². The van der Waals surface area contributed by atoms with Crippen molar-refractivity contribution in [2.75, 3.05) is 25.0 Å². The molecule has 2 aromatic carbocycles. The first-order valence-corrected chi connectivity index (χ1v) is 11.6. The Hall–Kier alpha value is -3.47. The van der Waals surface area contributed by atoms with E-state index in [1.165, 1.54) is 19.1 Å². The van der Waals surface area contributed by atoms with E-state index in [1.54, 1.807) is 11.8 Å². The molecule has 3 aromatic rings. The van der Waals surface area contributed by atoms with Crippen LogP contribution in [0.15, 0.2) is 35.1 Å². The molecule has 0 radical (unpaired) electrons. The molecular weight excluding hydrogens is 480 g/mol. The maximum absolute atomic E-state index is 15.0. The quantitative estimate of drug-likeness (QED) is 0.485. The van der Waals surface area contributed by atoms with E-state index in [0.29, 0.717) is 19.7 Å². The lowest BCUT2D eigenvalue weighted by Crippen LogP contribution is -2.44. The molecule has 1 aliphatic heterocycles. The highest BCUT2D eigenvalue weighted by Gasteiger charge is 2.36. The van der Waals surface area contributed by atoms with Crippen molar-refractivity contribution in [3.63, 3.8) is 0 Å². The molecular formula is C25H26F4N4O3. The Kier molecular flexibility index (Phi) is 7.03. The van der Waals surface area contributed by atoms with Crippen LogP contribution in [-0.2, 0) is 10.9 Å². The van der Waals surface area contributed by atoms with Crippen LogP contribution in [0.5, 0.6) is 0 Å². The predicted octanol–water partition coefficient (Wildman–Crippen LogP) is 4.81. The monoisotopic (exact) mass is 506 g/mol. The Morgan fingerprint density at radius 3 is 2.69 bits per heavy atom. The van der Waals surface area contributed by atoms with E-state index in [1.807, 2.05) is 6.92 Å². The fraction of sp³-hybridized carbons (Fsp3) is 0.400. The fourth-order valence-corrected chi connectivity index (χ4v) is 4.39. The van der Waals surface area contributed by atoms with Gasteiger partial charge in [0.1, 0.15) is 11.6 Å². The number of aryl methyl sites for hydroxylation is 1. The summed E-state index contributed by atoms with van der Waals surface area (Å²) in [4.78, 5) is 33.2. The summed E-state index contributed by atoms with van der Waals surface area (Å²) in [5.41, 5.74) is -1.72. The van der Waals surface area contributed by atoms with Crippen LogP contribution < -0.4 is 10.9 Å². The molecule has 1 aromatic heterocycles. The molecule has 0 bridgehead atoms. The zero-order valence-corrected chi connectivity index (χ0v) is 20.0. The van der Waals surface area contributed by atoms with E-state index in [9.17, 15) is 22.8 Å². The number of morpholine rings is 1. The maximum atomic E-state index is 15.0. The number of hydrogen-bond acceptors (Lipinski definition) is 5. The number of rotatable bonds is 5. The number of H-pyrrole nitrogens is 1. The van der Waals surface area contributed by atoms with E-state index in [2.05, 4.69) is 15.3 Å². The summed E-state index contributed by atoms with van der Waals surface area (Å²) in [6, 6.07) is 4.87. The second kappa shape index (κ2) is 9.88. The zero-order chi connectivity index (χ0) is 26.2. The van der Waals surface area contributed by atoms with Crippen LogP contribution in [0.4, 0.5) is 23.2 Å². The van der Waals surface area contributed by atoms with E-state index < -0.39 is 29.2 Å². The van der Waals surface area contributed by atoms with Crippen molar-refractivity contribution in [3.8, 4) is 0 Å². The van der Waals surface area contributed by atoms with Crippen molar-refractivity contribution < 1.29 is 27.1 Å². The highest BCUT2D eigenvalue weighted by molar-refractivity contribution is 5.94. The summed E-state index contributed by atoms with van der Waals surface area (Å²) < 4.78 is 62.4. The number of nitrogens with zero attached hydrogens (tertiary/aromatic N) is 2. The van der Waals surface area contributed by atoms with Gasteiger partial charge in [0, 0.05) is 18.7 Å². The molecule has 36 heavy (non-hydrogen) atoms. The maximum Gasteiger partial charge on any atom is 0.416 e. The number of ether oxygens (including phenoxy) is 1. The van der Waals surface area contributed by atoms with Gasteiger partial charge in [0.25, 0.3) is 11.5 Å². The number of carbonyl (C=O) groups is 1. The normalized spacial score (nSPS) is 17.3. The number of aromatic nitrogens is 2. The Labute approximate surface area is 204 Å². The van der Waals surface area contributed by atoms with Crippen molar-refractivity contribution in [2.24, 2.45) is 0 Å². The molecule has 192 valence electrons. The number of fused-ring (bicyclic) bond motifs is 1. The van der Waals surface area contributed by atoms with E-state index in [-0.39, 0.29) is 52.0 Å². The highest BCUT2D eigenvalue weighted by Crippen LogP contribution is 2.38. The lowest BCUT2D eigenvalue weighted by atomic mass is 9.95. The smallest absolute Gasteiger partial charge is 0.376 e. The first-order chi connectivity index (χ1) is 17.0. The van der Waals surface area contributed by atoms with Gasteiger partial charge in [-0.1, -0.05) is 6.92 Å². The molecule has 1 aliphatic rings. The fourth-order valence-electron chi connectivity index (χ4n) is 4.39. The van der Waals surface area contributed by atoms with Gasteiger partial charge < -0.3 is 19.9 Å². The Bertz CT molecular complexity index is 1360. The summed E-state index contributed by atoms with van der Waals surface area (Å²) >= 11 is 0. The second-order valence-corrected chi connectivity index (χ2v) is 8.84. The van der Waals surface area contributed by atoms with Crippen molar-refractivity contribution in [2.45, 2.75) is 45.5 Å². The molecule has 2 heterocycles. The number of benzene rings is 2. The largest absolute Gasteiger partial charge is 0.416 e. The molecule has 4 rings (SSSR count). The Morgan fingerprint density at radius 2 is 2.06 bits per heavy atom. The number of alkyl halides is 3. The topological polar surface area (TPSA) is 87.3 Å². The minimum atomic E-state index is -4.72. The number of halogens is 4. The van der Waals surface area contributed by atoms with Crippen molar-refractivity contribution in [1.82, 2.24) is 14.9 Å². The minimum Gasteiger partial charge on any atom is -0.376 e. The molecule has 2 N–H and O–H groups in total. The van der Waals surface area contributed by atoms with Gasteiger partial charge >= 0.3 is 6.18 Å². The van der Waals surface area contributed by atoms with Crippen LogP contribution in [0, 0.1) is 12.7 Å². The highest BCUT2D eigenvalue weighted by atomic mass is 19.4. The van der Waals surface area contributed by atoms with Crippen molar-refractivity contribution in [1.29, 1.82) is 0 Å². The summed E-state index contributed by atoms with van der Waals surface area (Å²) in [6.07, 6.45) is -4.69. The number of amides is 1. The van der Waals surface area contributed by atoms with Gasteiger partial charge in [0.15, 0.2) is 0 Å². The zero-order valence-electron chi connectivity index (χ0n) is 20.0. The molecule has 11 heteroatoms. The van der Waals surface area contributed by atoms with Crippen LogP contribution in [0.25, 0.3) is 10.9 Å². The number of hydrogen-bond donors (Lipinski definition) is 2. The molecule has 7 nitrogen and oxygen atoms in total. The molecule has 2 atom stereocenters. The minimum absolute atomic E-state index is 0.00464. The lowest BCUT2D eigenvalue weighted by molar-refractivity contribution is -0.138. The van der Waals surface area contributed by atoms with Crippen LogP contribution >= 0.6 is 0 Å². The predicted molar refractivity (Wildman–Crippen MR) is 126 cm³/mol. The second-order valence-electron chi connectivity index (χ2n) is 8.84. The van der Waals surface area contributed by atoms with Gasteiger partial charge in [0.2, 0.25) is 0 Å². The summed E-state index contributed by atoms with van der Waals surface area (Å²) in [7, 11) is 0. The van der Waals surface area contributed by atoms with Crippen molar-refractivity contribution >= 4 is 22.5 Å². The SMILES string of the molecule is CC[C@H](Nc1ccc(C(=O)N2CCO[C@@H](C)C2)cc1F)c1cc2c(=O)[nH]c(C)nc2cc1C(F)(F)F. The molecule has 1 saturated heterocycles. The molecule has 0 spiro atoms. The number of aromatic amines is 1. The van der Waals surface area contributed by atoms with Gasteiger partial charge in [-0.3, -0.25) is 9.59 Å². The first-order valence-electron chi connectivity index (χ1n) is 11.6. The van der Waals surface area contributed by atoms with Gasteiger partial charge in [-0.2, -0.15) is 13.2 Å². The van der Waals surface area contributed by atoms with Crippen LogP contribution in [0.3, 0.4) is 0 Å². The standard InChI is InChI=1S/C25H26F4N4O3/c1-4-20(16-10-17-22(11-18(16)25(27,28)29)30-14(3)31-23(17)34)32-21-6-5-15(9-19(21)26)24(35)33-7-8-36-13(2)12-33/h5-6,9-11,13,20,32H,4,7-8,12H2,1-3H3,(H,30,31,34)/t13-,20-/m0/s1. The molecule has 1 fully saturated rings. The third-order valence-electron chi connectivity index (χ3n) is 6.16. The number of anilines is 1. The third-order valence-corrected chi connectivity index (χ3v) is 6.16. The van der Waals surface area contributed by atoms with Gasteiger partial charge in [-0.05, 0) is 56.2 Å². The number of nitrogens with one attached hydrogen (secondary N) is 2. The van der Waals surface area contributed by atoms with Crippen molar-refractivity contribution in [3.05, 3.63) is 69.0 Å². The van der Waals surface area contributed by atoms with Gasteiger partial charge in [-0.15, -0.1) is 0 Å². The molecule has 0 saturated carbocycles. The average molecular weight is 507 g/mol. The van der Waals surface area contributed by atoms with Crippen LogP contribution in [0.2, 0.25) is 0 Å². The van der Waals surface area contributed by atoms with Gasteiger partial charge in [-0.25, -0.2) is 9.37 Å².